The Hall–Kier alpha value is -2.02. The smallest absolute Gasteiger partial charge is 0.170 e. The lowest BCUT2D eigenvalue weighted by atomic mass is 9.92. The normalized spacial score (nSPS) is 22.0. The highest BCUT2D eigenvalue weighted by molar-refractivity contribution is 7.99. The van der Waals surface area contributed by atoms with Gasteiger partial charge in [-0.15, -0.1) is 0 Å². The van der Waals surface area contributed by atoms with Gasteiger partial charge in [0.05, 0.1) is 11.7 Å². The number of nitrogens with zero attached hydrogens (tertiary/aromatic N) is 2. The van der Waals surface area contributed by atoms with Gasteiger partial charge in [0.25, 0.3) is 0 Å². The van der Waals surface area contributed by atoms with Gasteiger partial charge in [0.15, 0.2) is 10.2 Å². The summed E-state index contributed by atoms with van der Waals surface area (Å²) in [5.74, 6) is 0.921. The molecule has 1 saturated carbocycles. The van der Waals surface area contributed by atoms with Crippen LogP contribution in [0.1, 0.15) is 55.6 Å². The number of aromatic nitrogens is 1. The maximum atomic E-state index is 6.38. The van der Waals surface area contributed by atoms with Gasteiger partial charge >= 0.3 is 0 Å². The number of nitrogens with one attached hydrogen (secondary N) is 1. The van der Waals surface area contributed by atoms with Crippen molar-refractivity contribution in [1.29, 1.82) is 0 Å². The standard InChI is InChI=1S/C24H24ClN3OS2/c25-16-9-11-18(12-10-16)31-21-14-13-20(29-21)23-22(19-8-4-5-15-26-19)27-24(30)28(23)17-6-2-1-3-7-17/h4-5,8-15,17,22-23H,1-3,6-7H2,(H,27,30)/t22-,23-/m0/s1. The van der Waals surface area contributed by atoms with E-state index in [-0.39, 0.29) is 12.1 Å². The van der Waals surface area contributed by atoms with Crippen molar-refractivity contribution in [1.82, 2.24) is 15.2 Å². The molecule has 1 aliphatic carbocycles. The second-order valence-corrected chi connectivity index (χ2v) is 9.94. The number of benzene rings is 1. The number of rotatable bonds is 5. The predicted octanol–water partition coefficient (Wildman–Crippen LogP) is 6.78. The lowest BCUT2D eigenvalue weighted by Crippen LogP contribution is -2.40. The Bertz CT molecular complexity index is 1030. The van der Waals surface area contributed by atoms with Crippen molar-refractivity contribution < 1.29 is 4.42 Å². The highest BCUT2D eigenvalue weighted by Gasteiger charge is 2.44. The first kappa shape index (κ1) is 20.9. The summed E-state index contributed by atoms with van der Waals surface area (Å²) in [6, 6.07) is 18.4. The molecule has 3 aromatic rings. The monoisotopic (exact) mass is 469 g/mol. The van der Waals surface area contributed by atoms with E-state index in [1.165, 1.54) is 32.1 Å². The Morgan fingerprint density at radius 1 is 1.03 bits per heavy atom. The average Bonchev–Trinajstić information content (AvgIpc) is 3.40. The van der Waals surface area contributed by atoms with Crippen LogP contribution in [0.4, 0.5) is 0 Å². The molecule has 1 saturated heterocycles. The van der Waals surface area contributed by atoms with Gasteiger partial charge < -0.3 is 14.6 Å². The molecule has 5 rings (SSSR count). The van der Waals surface area contributed by atoms with Crippen molar-refractivity contribution in [2.24, 2.45) is 0 Å². The minimum absolute atomic E-state index is 0.00920. The summed E-state index contributed by atoms with van der Waals surface area (Å²) in [6.07, 6.45) is 7.98. The summed E-state index contributed by atoms with van der Waals surface area (Å²) < 4.78 is 6.38. The zero-order valence-corrected chi connectivity index (χ0v) is 19.4. The van der Waals surface area contributed by atoms with Gasteiger partial charge in [0.1, 0.15) is 11.8 Å². The number of pyridine rings is 1. The van der Waals surface area contributed by atoms with E-state index in [4.69, 9.17) is 28.2 Å². The summed E-state index contributed by atoms with van der Waals surface area (Å²) in [7, 11) is 0. The molecule has 2 fully saturated rings. The molecule has 2 aromatic heterocycles. The summed E-state index contributed by atoms with van der Waals surface area (Å²) in [6.45, 7) is 0. The van der Waals surface area contributed by atoms with Crippen LogP contribution in [0.5, 0.6) is 0 Å². The predicted molar refractivity (Wildman–Crippen MR) is 128 cm³/mol. The first-order chi connectivity index (χ1) is 15.2. The maximum absolute atomic E-state index is 6.38. The van der Waals surface area contributed by atoms with Gasteiger partial charge in [-0.3, -0.25) is 4.98 Å². The van der Waals surface area contributed by atoms with E-state index in [1.54, 1.807) is 11.8 Å². The number of hydrogen-bond donors (Lipinski definition) is 1. The molecule has 0 bridgehead atoms. The first-order valence-electron chi connectivity index (χ1n) is 10.7. The number of thiocarbonyl (C=S) groups is 1. The number of halogens is 1. The Kier molecular flexibility index (Phi) is 6.21. The van der Waals surface area contributed by atoms with Crippen LogP contribution in [0.2, 0.25) is 5.02 Å². The molecule has 160 valence electrons. The van der Waals surface area contributed by atoms with Crippen molar-refractivity contribution in [3.05, 3.63) is 77.3 Å². The van der Waals surface area contributed by atoms with Crippen LogP contribution in [-0.2, 0) is 0 Å². The van der Waals surface area contributed by atoms with E-state index in [1.807, 2.05) is 48.7 Å². The number of furan rings is 1. The third kappa shape index (κ3) is 4.47. The third-order valence-electron chi connectivity index (χ3n) is 6.03. The lowest BCUT2D eigenvalue weighted by Gasteiger charge is -2.36. The summed E-state index contributed by atoms with van der Waals surface area (Å²) in [5.41, 5.74) is 0.983. The van der Waals surface area contributed by atoms with E-state index in [0.717, 1.165) is 31.6 Å². The molecule has 2 aliphatic rings. The van der Waals surface area contributed by atoms with Gasteiger partial charge in [-0.25, -0.2) is 0 Å². The highest BCUT2D eigenvalue weighted by Crippen LogP contribution is 2.44. The van der Waals surface area contributed by atoms with Gasteiger partial charge in [-0.2, -0.15) is 0 Å². The molecule has 3 heterocycles. The Balaban J connectivity index is 1.46. The number of hydrogen-bond acceptors (Lipinski definition) is 4. The maximum Gasteiger partial charge on any atom is 0.170 e. The fraction of sp³-hybridized carbons (Fsp3) is 0.333. The van der Waals surface area contributed by atoms with E-state index >= 15 is 0 Å². The van der Waals surface area contributed by atoms with Crippen molar-refractivity contribution in [3.8, 4) is 0 Å². The molecular weight excluding hydrogens is 446 g/mol. The van der Waals surface area contributed by atoms with E-state index < -0.39 is 0 Å². The fourth-order valence-corrected chi connectivity index (χ4v) is 5.88. The van der Waals surface area contributed by atoms with Gasteiger partial charge in [0, 0.05) is 22.2 Å². The molecule has 2 atom stereocenters. The Labute approximate surface area is 197 Å². The largest absolute Gasteiger partial charge is 0.452 e. The Morgan fingerprint density at radius 2 is 1.84 bits per heavy atom. The molecule has 0 spiro atoms. The van der Waals surface area contributed by atoms with Crippen LogP contribution in [-0.4, -0.2) is 21.0 Å². The van der Waals surface area contributed by atoms with E-state index in [2.05, 4.69) is 27.3 Å². The van der Waals surface area contributed by atoms with Gasteiger partial charge in [0.2, 0.25) is 0 Å². The minimum atomic E-state index is -0.0323. The highest BCUT2D eigenvalue weighted by atomic mass is 35.5. The zero-order valence-electron chi connectivity index (χ0n) is 17.0. The summed E-state index contributed by atoms with van der Waals surface area (Å²) in [4.78, 5) is 8.10. The molecule has 31 heavy (non-hydrogen) atoms. The van der Waals surface area contributed by atoms with Crippen molar-refractivity contribution >= 4 is 40.7 Å². The Morgan fingerprint density at radius 3 is 2.58 bits per heavy atom. The average molecular weight is 470 g/mol. The van der Waals surface area contributed by atoms with Crippen molar-refractivity contribution in [3.63, 3.8) is 0 Å². The summed E-state index contributed by atoms with van der Waals surface area (Å²) >= 11 is 13.4. The lowest BCUT2D eigenvalue weighted by molar-refractivity contribution is 0.174. The van der Waals surface area contributed by atoms with E-state index in [9.17, 15) is 0 Å². The molecule has 0 radical (unpaired) electrons. The third-order valence-corrected chi connectivity index (χ3v) is 7.54. The van der Waals surface area contributed by atoms with Crippen LogP contribution in [0.15, 0.2) is 75.2 Å². The minimum Gasteiger partial charge on any atom is -0.452 e. The molecule has 7 heteroatoms. The molecule has 0 unspecified atom stereocenters. The first-order valence-corrected chi connectivity index (χ1v) is 12.3. The molecule has 0 amide bonds. The van der Waals surface area contributed by atoms with Crippen LogP contribution >= 0.6 is 35.6 Å². The quantitative estimate of drug-likeness (QED) is 0.415. The zero-order chi connectivity index (χ0) is 21.2. The SMILES string of the molecule is S=C1N[C@@H](c2ccccn2)[C@H](c2ccc(Sc3ccc(Cl)cc3)o2)N1C1CCCCC1. The van der Waals surface area contributed by atoms with Crippen LogP contribution < -0.4 is 5.32 Å². The molecule has 1 N–H and O–H groups in total. The van der Waals surface area contributed by atoms with Crippen LogP contribution in [0.25, 0.3) is 0 Å². The second-order valence-electron chi connectivity index (χ2n) is 8.04. The molecule has 1 aliphatic heterocycles. The molecular formula is C24H24ClN3OS2. The van der Waals surface area contributed by atoms with Crippen molar-refractivity contribution in [2.75, 3.05) is 0 Å². The summed E-state index contributed by atoms with van der Waals surface area (Å²) in [5, 5.41) is 5.94. The second kappa shape index (κ2) is 9.23. The van der Waals surface area contributed by atoms with Crippen LogP contribution in [0, 0.1) is 0 Å². The topological polar surface area (TPSA) is 41.3 Å². The molecule has 1 aromatic carbocycles. The van der Waals surface area contributed by atoms with Gasteiger partial charge in [-0.1, -0.05) is 48.7 Å². The molecule has 4 nitrogen and oxygen atoms in total. The van der Waals surface area contributed by atoms with Gasteiger partial charge in [-0.05, 0) is 73.6 Å². The van der Waals surface area contributed by atoms with E-state index in [0.29, 0.717) is 6.04 Å². The van der Waals surface area contributed by atoms with Crippen molar-refractivity contribution in [2.45, 2.75) is 60.2 Å². The fourth-order valence-electron chi connectivity index (χ4n) is 4.59. The van der Waals surface area contributed by atoms with Crippen LogP contribution in [0.3, 0.4) is 0 Å².